The summed E-state index contributed by atoms with van der Waals surface area (Å²) in [6.07, 6.45) is 0.134. The van der Waals surface area contributed by atoms with Crippen molar-refractivity contribution in [3.63, 3.8) is 0 Å². The smallest absolute Gasteiger partial charge is 0.163 e. The van der Waals surface area contributed by atoms with Crippen LogP contribution in [0.15, 0.2) is 24.3 Å². The van der Waals surface area contributed by atoms with Crippen molar-refractivity contribution in [1.29, 1.82) is 0 Å². The predicted octanol–water partition coefficient (Wildman–Crippen LogP) is 2.73. The predicted molar refractivity (Wildman–Crippen MR) is 84.3 cm³/mol. The Balaban J connectivity index is 1.66. The number of benzene rings is 1. The highest BCUT2D eigenvalue weighted by molar-refractivity contribution is 5.85. The molecule has 1 fully saturated rings. The molecule has 0 radical (unpaired) electrons. The van der Waals surface area contributed by atoms with E-state index < -0.39 is 5.79 Å². The van der Waals surface area contributed by atoms with Crippen LogP contribution in [0.25, 0.3) is 10.9 Å². The first kappa shape index (κ1) is 14.6. The third-order valence-electron chi connectivity index (χ3n) is 4.24. The largest absolute Gasteiger partial charge is 0.348 e. The first-order valence-electron chi connectivity index (χ1n) is 7.53. The van der Waals surface area contributed by atoms with Gasteiger partial charge in [-0.25, -0.2) is 0 Å². The molecule has 1 aliphatic rings. The third-order valence-corrected chi connectivity index (χ3v) is 4.24. The van der Waals surface area contributed by atoms with Gasteiger partial charge in [0.05, 0.1) is 12.7 Å². The monoisotopic (exact) mass is 288 g/mol. The van der Waals surface area contributed by atoms with Crippen molar-refractivity contribution in [2.24, 2.45) is 7.05 Å². The molecule has 1 aliphatic heterocycles. The molecule has 1 saturated heterocycles. The highest BCUT2D eigenvalue weighted by Gasteiger charge is 2.32. The standard InChI is InChI=1S/C17H24N2O2/c1-12-14-7-5-6-8-15(14)19(4)16(12)10-18-9-13-11-20-17(2,3)21-13/h5-8,13,18H,9-11H2,1-4H3. The van der Waals surface area contributed by atoms with Crippen LogP contribution < -0.4 is 5.32 Å². The molecule has 1 unspecified atom stereocenters. The van der Waals surface area contributed by atoms with Crippen LogP contribution in [0.2, 0.25) is 0 Å². The molecule has 0 bridgehead atoms. The van der Waals surface area contributed by atoms with E-state index in [4.69, 9.17) is 9.47 Å². The molecule has 4 heteroatoms. The van der Waals surface area contributed by atoms with Gasteiger partial charge in [-0.2, -0.15) is 0 Å². The van der Waals surface area contributed by atoms with Gasteiger partial charge in [-0.05, 0) is 32.4 Å². The number of hydrogen-bond donors (Lipinski definition) is 1. The van der Waals surface area contributed by atoms with Crippen molar-refractivity contribution >= 4 is 10.9 Å². The maximum Gasteiger partial charge on any atom is 0.163 e. The number of nitrogens with one attached hydrogen (secondary N) is 1. The zero-order valence-electron chi connectivity index (χ0n) is 13.3. The van der Waals surface area contributed by atoms with Crippen LogP contribution in [0, 0.1) is 6.92 Å². The fourth-order valence-corrected chi connectivity index (χ4v) is 3.10. The summed E-state index contributed by atoms with van der Waals surface area (Å²) in [5.41, 5.74) is 3.97. The number of fused-ring (bicyclic) bond motifs is 1. The Morgan fingerprint density at radius 3 is 2.76 bits per heavy atom. The van der Waals surface area contributed by atoms with Gasteiger partial charge in [-0.3, -0.25) is 0 Å². The number of ether oxygens (including phenoxy) is 2. The van der Waals surface area contributed by atoms with Crippen molar-refractivity contribution in [3.05, 3.63) is 35.5 Å². The van der Waals surface area contributed by atoms with Gasteiger partial charge >= 0.3 is 0 Å². The Hall–Kier alpha value is -1.36. The van der Waals surface area contributed by atoms with E-state index in [0.717, 1.165) is 13.1 Å². The van der Waals surface area contributed by atoms with E-state index in [1.165, 1.54) is 22.2 Å². The second kappa shape index (κ2) is 5.44. The Bertz CT molecular complexity index is 607. The van der Waals surface area contributed by atoms with Gasteiger partial charge < -0.3 is 19.4 Å². The molecule has 0 saturated carbocycles. The summed E-state index contributed by atoms with van der Waals surface area (Å²) in [6.45, 7) is 8.43. The van der Waals surface area contributed by atoms with Crippen LogP contribution in [0.4, 0.5) is 0 Å². The number of hydrogen-bond acceptors (Lipinski definition) is 3. The van der Waals surface area contributed by atoms with E-state index in [9.17, 15) is 0 Å². The van der Waals surface area contributed by atoms with E-state index in [1.54, 1.807) is 0 Å². The van der Waals surface area contributed by atoms with Crippen molar-refractivity contribution in [1.82, 2.24) is 9.88 Å². The molecule has 2 heterocycles. The van der Waals surface area contributed by atoms with Crippen LogP contribution >= 0.6 is 0 Å². The van der Waals surface area contributed by atoms with Crippen LogP contribution in [0.1, 0.15) is 25.1 Å². The lowest BCUT2D eigenvalue weighted by Gasteiger charge is -2.17. The number of nitrogens with zero attached hydrogens (tertiary/aromatic N) is 1. The van der Waals surface area contributed by atoms with Gasteiger partial charge in [0.15, 0.2) is 5.79 Å². The quantitative estimate of drug-likeness (QED) is 0.939. The first-order valence-corrected chi connectivity index (χ1v) is 7.53. The van der Waals surface area contributed by atoms with Crippen molar-refractivity contribution in [2.45, 2.75) is 39.2 Å². The van der Waals surface area contributed by atoms with E-state index in [0.29, 0.717) is 6.61 Å². The minimum absolute atomic E-state index is 0.134. The molecule has 114 valence electrons. The third kappa shape index (κ3) is 2.84. The van der Waals surface area contributed by atoms with Crippen LogP contribution in [0.5, 0.6) is 0 Å². The summed E-state index contributed by atoms with van der Waals surface area (Å²) < 4.78 is 13.7. The van der Waals surface area contributed by atoms with E-state index in [2.05, 4.69) is 48.1 Å². The summed E-state index contributed by atoms with van der Waals surface area (Å²) in [5, 5.41) is 4.83. The maximum atomic E-state index is 5.81. The van der Waals surface area contributed by atoms with Gasteiger partial charge in [-0.15, -0.1) is 0 Å². The Labute approximate surface area is 126 Å². The SMILES string of the molecule is Cc1c(CNCC2COC(C)(C)O2)n(C)c2ccccc12. The van der Waals surface area contributed by atoms with E-state index in [-0.39, 0.29) is 6.10 Å². The summed E-state index contributed by atoms with van der Waals surface area (Å²) >= 11 is 0. The molecule has 1 aromatic carbocycles. The van der Waals surface area contributed by atoms with Gasteiger partial charge in [0.25, 0.3) is 0 Å². The molecule has 1 atom stereocenters. The average Bonchev–Trinajstić information content (AvgIpc) is 2.92. The molecular formula is C17H24N2O2. The molecule has 0 amide bonds. The van der Waals surface area contributed by atoms with E-state index >= 15 is 0 Å². The molecular weight excluding hydrogens is 264 g/mol. The number of para-hydroxylation sites is 1. The first-order chi connectivity index (χ1) is 9.98. The lowest BCUT2D eigenvalue weighted by molar-refractivity contribution is -0.137. The molecule has 0 aliphatic carbocycles. The highest BCUT2D eigenvalue weighted by Crippen LogP contribution is 2.25. The summed E-state index contributed by atoms with van der Waals surface area (Å²) in [6, 6.07) is 8.54. The Morgan fingerprint density at radius 1 is 1.33 bits per heavy atom. The van der Waals surface area contributed by atoms with Gasteiger partial charge in [0.1, 0.15) is 0 Å². The minimum Gasteiger partial charge on any atom is -0.348 e. The number of aromatic nitrogens is 1. The summed E-state index contributed by atoms with van der Waals surface area (Å²) in [7, 11) is 2.13. The highest BCUT2D eigenvalue weighted by atomic mass is 16.7. The lowest BCUT2D eigenvalue weighted by atomic mass is 10.1. The molecule has 1 aromatic heterocycles. The molecule has 21 heavy (non-hydrogen) atoms. The number of rotatable bonds is 4. The maximum absolute atomic E-state index is 5.81. The van der Waals surface area contributed by atoms with Gasteiger partial charge in [0, 0.05) is 36.7 Å². The molecule has 1 N–H and O–H groups in total. The van der Waals surface area contributed by atoms with Crippen LogP contribution in [0.3, 0.4) is 0 Å². The fourth-order valence-electron chi connectivity index (χ4n) is 3.10. The zero-order chi connectivity index (χ0) is 15.0. The van der Waals surface area contributed by atoms with Crippen LogP contribution in [-0.4, -0.2) is 29.6 Å². The number of aryl methyl sites for hydroxylation is 2. The average molecular weight is 288 g/mol. The van der Waals surface area contributed by atoms with Gasteiger partial charge in [0.2, 0.25) is 0 Å². The zero-order valence-corrected chi connectivity index (χ0v) is 13.3. The summed E-state index contributed by atoms with van der Waals surface area (Å²) in [4.78, 5) is 0. The Morgan fingerprint density at radius 2 is 2.10 bits per heavy atom. The minimum atomic E-state index is -0.443. The summed E-state index contributed by atoms with van der Waals surface area (Å²) in [5.74, 6) is -0.443. The van der Waals surface area contributed by atoms with Crippen LogP contribution in [-0.2, 0) is 23.1 Å². The van der Waals surface area contributed by atoms with Gasteiger partial charge in [-0.1, -0.05) is 18.2 Å². The van der Waals surface area contributed by atoms with E-state index in [1.807, 2.05) is 13.8 Å². The molecule has 4 nitrogen and oxygen atoms in total. The second-order valence-corrected chi connectivity index (χ2v) is 6.23. The Kier molecular flexibility index (Phi) is 3.78. The lowest BCUT2D eigenvalue weighted by Crippen LogP contribution is -2.30. The van der Waals surface area contributed by atoms with Crippen molar-refractivity contribution in [2.75, 3.05) is 13.2 Å². The van der Waals surface area contributed by atoms with Crippen molar-refractivity contribution < 1.29 is 9.47 Å². The molecule has 0 spiro atoms. The topological polar surface area (TPSA) is 35.4 Å². The molecule has 3 rings (SSSR count). The second-order valence-electron chi connectivity index (χ2n) is 6.23. The normalized spacial score (nSPS) is 21.2. The molecule has 2 aromatic rings. The van der Waals surface area contributed by atoms with Crippen molar-refractivity contribution in [3.8, 4) is 0 Å². The fraction of sp³-hybridized carbons (Fsp3) is 0.529.